The number of hydrogen-bond donors (Lipinski definition) is 1. The summed E-state index contributed by atoms with van der Waals surface area (Å²) in [5.74, 6) is 0.706. The van der Waals surface area contributed by atoms with E-state index in [1.807, 2.05) is 7.05 Å². The zero-order chi connectivity index (χ0) is 11.8. The van der Waals surface area contributed by atoms with Crippen LogP contribution in [0.15, 0.2) is 18.2 Å². The van der Waals surface area contributed by atoms with Crippen LogP contribution in [0.2, 0.25) is 0 Å². The molecule has 1 saturated carbocycles. The van der Waals surface area contributed by atoms with Crippen molar-refractivity contribution in [2.24, 2.45) is 0 Å². The van der Waals surface area contributed by atoms with Crippen LogP contribution in [0.3, 0.4) is 0 Å². The summed E-state index contributed by atoms with van der Waals surface area (Å²) < 4.78 is 5.25. The van der Waals surface area contributed by atoms with Gasteiger partial charge in [-0.25, -0.2) is 0 Å². The Bertz CT molecular complexity index is 427. The standard InChI is InChI=1S/C11H14N2O3/c1-12-11(5-6-11)9-7-8(13(14)15)3-4-10(9)16-2/h3-4,7,12H,5-6H2,1-2H3. The second kappa shape index (κ2) is 3.75. The van der Waals surface area contributed by atoms with Gasteiger partial charge in [0.15, 0.2) is 0 Å². The summed E-state index contributed by atoms with van der Waals surface area (Å²) in [7, 11) is 3.45. The fraction of sp³-hybridized carbons (Fsp3) is 0.455. The Kier molecular flexibility index (Phi) is 2.55. The molecule has 1 fully saturated rings. The van der Waals surface area contributed by atoms with E-state index in [0.717, 1.165) is 18.4 Å². The van der Waals surface area contributed by atoms with E-state index in [0.29, 0.717) is 5.75 Å². The zero-order valence-corrected chi connectivity index (χ0v) is 9.32. The highest BCUT2D eigenvalue weighted by Gasteiger charge is 2.45. The Hall–Kier alpha value is -1.62. The average molecular weight is 222 g/mol. The van der Waals surface area contributed by atoms with Crippen molar-refractivity contribution in [2.75, 3.05) is 14.2 Å². The van der Waals surface area contributed by atoms with Gasteiger partial charge in [0.2, 0.25) is 0 Å². The maximum Gasteiger partial charge on any atom is 0.270 e. The number of non-ortho nitro benzene ring substituents is 1. The van der Waals surface area contributed by atoms with Crippen molar-refractivity contribution in [3.63, 3.8) is 0 Å². The number of hydrogen-bond acceptors (Lipinski definition) is 4. The Morgan fingerprint density at radius 2 is 2.19 bits per heavy atom. The van der Waals surface area contributed by atoms with Gasteiger partial charge in [0.05, 0.1) is 12.0 Å². The Balaban J connectivity index is 2.48. The molecular formula is C11H14N2O3. The van der Waals surface area contributed by atoms with E-state index in [1.165, 1.54) is 6.07 Å². The maximum atomic E-state index is 10.7. The molecule has 1 aliphatic carbocycles. The number of rotatable bonds is 4. The third-order valence-electron chi connectivity index (χ3n) is 3.14. The molecule has 0 atom stereocenters. The summed E-state index contributed by atoms with van der Waals surface area (Å²) in [6.45, 7) is 0. The van der Waals surface area contributed by atoms with Gasteiger partial charge in [-0.2, -0.15) is 0 Å². The Labute approximate surface area is 93.6 Å². The largest absolute Gasteiger partial charge is 0.496 e. The fourth-order valence-electron chi connectivity index (χ4n) is 1.96. The van der Waals surface area contributed by atoms with E-state index in [9.17, 15) is 10.1 Å². The lowest BCUT2D eigenvalue weighted by Crippen LogP contribution is -2.25. The molecular weight excluding hydrogens is 208 g/mol. The zero-order valence-electron chi connectivity index (χ0n) is 9.32. The first-order valence-electron chi connectivity index (χ1n) is 5.15. The van der Waals surface area contributed by atoms with E-state index < -0.39 is 0 Å². The molecule has 0 radical (unpaired) electrons. The highest BCUT2D eigenvalue weighted by atomic mass is 16.6. The number of ether oxygens (including phenoxy) is 1. The van der Waals surface area contributed by atoms with Crippen molar-refractivity contribution in [3.8, 4) is 5.75 Å². The SMILES string of the molecule is CNC1(c2cc([N+](=O)[O-])ccc2OC)CC1. The van der Waals surface area contributed by atoms with Gasteiger partial charge in [-0.1, -0.05) is 0 Å². The van der Waals surface area contributed by atoms with Gasteiger partial charge in [0, 0.05) is 23.2 Å². The van der Waals surface area contributed by atoms with E-state index >= 15 is 0 Å². The number of benzene rings is 1. The minimum Gasteiger partial charge on any atom is -0.496 e. The first-order valence-corrected chi connectivity index (χ1v) is 5.15. The quantitative estimate of drug-likeness (QED) is 0.623. The van der Waals surface area contributed by atoms with Gasteiger partial charge < -0.3 is 10.1 Å². The van der Waals surface area contributed by atoms with Crippen LogP contribution in [0.5, 0.6) is 5.75 Å². The molecule has 5 heteroatoms. The maximum absolute atomic E-state index is 10.7. The van der Waals surface area contributed by atoms with Crippen molar-refractivity contribution in [2.45, 2.75) is 18.4 Å². The second-order valence-electron chi connectivity index (χ2n) is 3.97. The monoisotopic (exact) mass is 222 g/mol. The van der Waals surface area contributed by atoms with E-state index in [2.05, 4.69) is 5.32 Å². The molecule has 0 spiro atoms. The number of nitro benzene ring substituents is 1. The third-order valence-corrected chi connectivity index (χ3v) is 3.14. The van der Waals surface area contributed by atoms with Crippen molar-refractivity contribution in [3.05, 3.63) is 33.9 Å². The predicted octanol–water partition coefficient (Wildman–Crippen LogP) is 1.81. The summed E-state index contributed by atoms with van der Waals surface area (Å²) in [6, 6.07) is 4.72. The topological polar surface area (TPSA) is 64.4 Å². The minimum atomic E-state index is -0.380. The lowest BCUT2D eigenvalue weighted by atomic mass is 10.0. The third kappa shape index (κ3) is 1.63. The lowest BCUT2D eigenvalue weighted by Gasteiger charge is -2.17. The molecule has 0 amide bonds. The van der Waals surface area contributed by atoms with E-state index in [4.69, 9.17) is 4.74 Å². The smallest absolute Gasteiger partial charge is 0.270 e. The fourth-order valence-corrected chi connectivity index (χ4v) is 1.96. The summed E-state index contributed by atoms with van der Waals surface area (Å²) in [4.78, 5) is 10.4. The van der Waals surface area contributed by atoms with Gasteiger partial charge >= 0.3 is 0 Å². The molecule has 5 nitrogen and oxygen atoms in total. The van der Waals surface area contributed by atoms with Gasteiger partial charge in [-0.3, -0.25) is 10.1 Å². The van der Waals surface area contributed by atoms with Crippen LogP contribution in [0.1, 0.15) is 18.4 Å². The van der Waals surface area contributed by atoms with Crippen LogP contribution in [-0.4, -0.2) is 19.1 Å². The Morgan fingerprint density at radius 3 is 2.62 bits per heavy atom. The first kappa shape index (κ1) is 10.9. The van der Waals surface area contributed by atoms with Crippen molar-refractivity contribution in [1.29, 1.82) is 0 Å². The van der Waals surface area contributed by atoms with Crippen LogP contribution in [-0.2, 0) is 5.54 Å². The molecule has 0 heterocycles. The molecule has 16 heavy (non-hydrogen) atoms. The molecule has 1 aromatic carbocycles. The van der Waals surface area contributed by atoms with Gasteiger partial charge in [0.1, 0.15) is 5.75 Å². The lowest BCUT2D eigenvalue weighted by molar-refractivity contribution is -0.385. The van der Waals surface area contributed by atoms with Gasteiger partial charge in [-0.15, -0.1) is 0 Å². The molecule has 86 valence electrons. The van der Waals surface area contributed by atoms with Crippen LogP contribution in [0.25, 0.3) is 0 Å². The van der Waals surface area contributed by atoms with Crippen LogP contribution >= 0.6 is 0 Å². The molecule has 0 aliphatic heterocycles. The molecule has 1 aromatic rings. The van der Waals surface area contributed by atoms with E-state index in [-0.39, 0.29) is 16.1 Å². The molecule has 2 rings (SSSR count). The first-order chi connectivity index (χ1) is 7.63. The normalized spacial score (nSPS) is 16.9. The average Bonchev–Trinajstić information content (AvgIpc) is 3.09. The molecule has 1 aliphatic rings. The molecule has 0 aromatic heterocycles. The predicted molar refractivity (Wildman–Crippen MR) is 59.6 cm³/mol. The number of nitrogens with one attached hydrogen (secondary N) is 1. The van der Waals surface area contributed by atoms with Crippen molar-refractivity contribution < 1.29 is 9.66 Å². The van der Waals surface area contributed by atoms with Gasteiger partial charge in [0.25, 0.3) is 5.69 Å². The van der Waals surface area contributed by atoms with Crippen LogP contribution in [0, 0.1) is 10.1 Å². The van der Waals surface area contributed by atoms with Crippen molar-refractivity contribution >= 4 is 5.69 Å². The summed E-state index contributed by atoms with van der Waals surface area (Å²) >= 11 is 0. The Morgan fingerprint density at radius 1 is 1.50 bits per heavy atom. The molecule has 0 saturated heterocycles. The number of nitrogens with zero attached hydrogens (tertiary/aromatic N) is 1. The minimum absolute atomic E-state index is 0.109. The van der Waals surface area contributed by atoms with Crippen LogP contribution in [0.4, 0.5) is 5.69 Å². The number of methoxy groups -OCH3 is 1. The molecule has 0 unspecified atom stereocenters. The van der Waals surface area contributed by atoms with Crippen LogP contribution < -0.4 is 10.1 Å². The highest BCUT2D eigenvalue weighted by Crippen LogP contribution is 2.49. The van der Waals surface area contributed by atoms with Crippen molar-refractivity contribution in [1.82, 2.24) is 5.32 Å². The number of nitro groups is 1. The summed E-state index contributed by atoms with van der Waals surface area (Å²) in [5.41, 5.74) is 0.862. The molecule has 0 bridgehead atoms. The highest BCUT2D eigenvalue weighted by molar-refractivity contribution is 5.49. The second-order valence-corrected chi connectivity index (χ2v) is 3.97. The summed E-state index contributed by atoms with van der Waals surface area (Å²) in [6.07, 6.45) is 1.97. The van der Waals surface area contributed by atoms with Gasteiger partial charge in [-0.05, 0) is 26.0 Å². The summed E-state index contributed by atoms with van der Waals surface area (Å²) in [5, 5.41) is 13.9. The molecule has 1 N–H and O–H groups in total. The van der Waals surface area contributed by atoms with E-state index in [1.54, 1.807) is 19.2 Å².